The van der Waals surface area contributed by atoms with Gasteiger partial charge in [0.1, 0.15) is 0 Å². The Morgan fingerprint density at radius 1 is 1.17 bits per heavy atom. The molecular formula is C18H18N2O3S. The normalized spacial score (nSPS) is 11.5. The fourth-order valence-electron chi connectivity index (χ4n) is 2.13. The molecule has 2 heterocycles. The molecule has 24 heavy (non-hydrogen) atoms. The maximum atomic E-state index is 12.1. The minimum Gasteiger partial charge on any atom is -0.452 e. The van der Waals surface area contributed by atoms with Gasteiger partial charge in [-0.25, -0.2) is 4.79 Å². The van der Waals surface area contributed by atoms with Gasteiger partial charge in [-0.1, -0.05) is 39.0 Å². The molecule has 3 aromatic rings. The van der Waals surface area contributed by atoms with E-state index in [9.17, 15) is 4.79 Å². The van der Waals surface area contributed by atoms with E-state index in [1.165, 1.54) is 11.3 Å². The summed E-state index contributed by atoms with van der Waals surface area (Å²) in [6, 6.07) is 11.2. The third-order valence-electron chi connectivity index (χ3n) is 3.51. The first-order chi connectivity index (χ1) is 11.4. The van der Waals surface area contributed by atoms with Gasteiger partial charge in [-0.3, -0.25) is 0 Å². The summed E-state index contributed by atoms with van der Waals surface area (Å²) in [4.78, 5) is 13.0. The van der Waals surface area contributed by atoms with E-state index in [4.69, 9.17) is 9.15 Å². The van der Waals surface area contributed by atoms with Crippen molar-refractivity contribution in [3.63, 3.8) is 0 Å². The van der Waals surface area contributed by atoms with E-state index in [-0.39, 0.29) is 17.9 Å². The van der Waals surface area contributed by atoms with Crippen LogP contribution in [0, 0.1) is 0 Å². The van der Waals surface area contributed by atoms with Gasteiger partial charge in [0.05, 0.1) is 10.4 Å². The smallest absolute Gasteiger partial charge is 0.338 e. The molecule has 0 N–H and O–H groups in total. The minimum atomic E-state index is -0.411. The Kier molecular flexibility index (Phi) is 4.49. The fourth-order valence-corrected chi connectivity index (χ4v) is 2.77. The Balaban J connectivity index is 1.61. The quantitative estimate of drug-likeness (QED) is 0.655. The lowest BCUT2D eigenvalue weighted by atomic mass is 9.87. The Hall–Kier alpha value is -2.47. The molecule has 0 spiro atoms. The number of carbonyl (C=O) groups excluding carboxylic acids is 1. The highest BCUT2D eigenvalue weighted by Gasteiger charge is 2.16. The zero-order valence-corrected chi connectivity index (χ0v) is 14.6. The van der Waals surface area contributed by atoms with Gasteiger partial charge in [-0.05, 0) is 34.6 Å². The lowest BCUT2D eigenvalue weighted by Gasteiger charge is -2.18. The molecule has 6 heteroatoms. The molecule has 0 unspecified atom stereocenters. The number of aromatic nitrogens is 2. The molecule has 0 aliphatic rings. The number of benzene rings is 1. The van der Waals surface area contributed by atoms with Crippen molar-refractivity contribution in [2.45, 2.75) is 32.8 Å². The number of hydrogen-bond donors (Lipinski definition) is 0. The molecule has 5 nitrogen and oxygen atoms in total. The van der Waals surface area contributed by atoms with Crippen LogP contribution in [0.25, 0.3) is 10.8 Å². The average Bonchev–Trinajstić information content (AvgIpc) is 3.23. The molecular weight excluding hydrogens is 324 g/mol. The fraction of sp³-hybridized carbons (Fsp3) is 0.278. The van der Waals surface area contributed by atoms with Gasteiger partial charge in [0.2, 0.25) is 0 Å². The molecule has 0 aliphatic heterocycles. The van der Waals surface area contributed by atoms with Gasteiger partial charge >= 0.3 is 5.97 Å². The molecule has 1 aromatic carbocycles. The molecule has 0 saturated carbocycles. The first-order valence-electron chi connectivity index (χ1n) is 7.57. The monoisotopic (exact) mass is 342 g/mol. The van der Waals surface area contributed by atoms with Crippen molar-refractivity contribution in [1.29, 1.82) is 0 Å². The summed E-state index contributed by atoms with van der Waals surface area (Å²) in [6.45, 7) is 6.33. The number of rotatable bonds is 4. The Bertz CT molecular complexity index is 815. The standard InChI is InChI=1S/C18H18N2O3S/c1-18(2,3)13-8-6-12(7-9-13)17(21)22-11-15-19-20-16(23-15)14-5-4-10-24-14/h4-10H,11H2,1-3H3. The summed E-state index contributed by atoms with van der Waals surface area (Å²) in [5.41, 5.74) is 1.71. The van der Waals surface area contributed by atoms with Crippen LogP contribution in [0.1, 0.15) is 42.6 Å². The van der Waals surface area contributed by atoms with Gasteiger partial charge in [-0.2, -0.15) is 0 Å². The molecule has 2 aromatic heterocycles. The van der Waals surface area contributed by atoms with Crippen LogP contribution in [0.4, 0.5) is 0 Å². The molecule has 124 valence electrons. The van der Waals surface area contributed by atoms with Crippen molar-refractivity contribution >= 4 is 17.3 Å². The minimum absolute atomic E-state index is 0.0434. The highest BCUT2D eigenvalue weighted by Crippen LogP contribution is 2.24. The summed E-state index contributed by atoms with van der Waals surface area (Å²) < 4.78 is 10.7. The summed E-state index contributed by atoms with van der Waals surface area (Å²) in [7, 11) is 0. The van der Waals surface area contributed by atoms with Crippen LogP contribution in [-0.4, -0.2) is 16.2 Å². The largest absolute Gasteiger partial charge is 0.452 e. The first-order valence-corrected chi connectivity index (χ1v) is 8.45. The summed E-state index contributed by atoms with van der Waals surface area (Å²) in [5.74, 6) is 0.301. The van der Waals surface area contributed by atoms with Crippen molar-refractivity contribution < 1.29 is 13.9 Å². The number of carbonyl (C=O) groups is 1. The highest BCUT2D eigenvalue weighted by molar-refractivity contribution is 7.13. The second kappa shape index (κ2) is 6.57. The van der Waals surface area contributed by atoms with Crippen LogP contribution in [0.15, 0.2) is 46.2 Å². The average molecular weight is 342 g/mol. The summed E-state index contributed by atoms with van der Waals surface area (Å²) in [6.07, 6.45) is 0. The topological polar surface area (TPSA) is 65.2 Å². The molecule has 0 bridgehead atoms. The maximum Gasteiger partial charge on any atom is 0.338 e. The van der Waals surface area contributed by atoms with Crippen LogP contribution in [0.3, 0.4) is 0 Å². The predicted molar refractivity (Wildman–Crippen MR) is 91.9 cm³/mol. The van der Waals surface area contributed by atoms with Crippen molar-refractivity contribution in [1.82, 2.24) is 10.2 Å². The van der Waals surface area contributed by atoms with Crippen molar-refractivity contribution in [3.05, 3.63) is 58.8 Å². The van der Waals surface area contributed by atoms with Crippen LogP contribution >= 0.6 is 11.3 Å². The number of hydrogen-bond acceptors (Lipinski definition) is 6. The molecule has 0 amide bonds. The van der Waals surface area contributed by atoms with E-state index in [0.29, 0.717) is 11.5 Å². The van der Waals surface area contributed by atoms with Gasteiger partial charge < -0.3 is 9.15 Å². The van der Waals surface area contributed by atoms with Crippen LogP contribution in [0.2, 0.25) is 0 Å². The third-order valence-corrected chi connectivity index (χ3v) is 4.37. The van der Waals surface area contributed by atoms with E-state index in [2.05, 4.69) is 31.0 Å². The Morgan fingerprint density at radius 3 is 2.54 bits per heavy atom. The predicted octanol–water partition coefficient (Wildman–Crippen LogP) is 4.45. The lowest BCUT2D eigenvalue weighted by molar-refractivity contribution is 0.0438. The van der Waals surface area contributed by atoms with Gasteiger partial charge in [-0.15, -0.1) is 21.5 Å². The number of ether oxygens (including phenoxy) is 1. The molecule has 0 fully saturated rings. The number of nitrogens with zero attached hydrogens (tertiary/aromatic N) is 2. The van der Waals surface area contributed by atoms with Crippen LogP contribution in [-0.2, 0) is 16.8 Å². The number of esters is 1. The van der Waals surface area contributed by atoms with E-state index in [1.807, 2.05) is 29.6 Å². The van der Waals surface area contributed by atoms with Crippen LogP contribution in [0.5, 0.6) is 0 Å². The molecule has 0 radical (unpaired) electrons. The molecule has 0 aliphatic carbocycles. The SMILES string of the molecule is CC(C)(C)c1ccc(C(=O)OCc2nnc(-c3cccs3)o2)cc1. The molecule has 3 rings (SSSR count). The third kappa shape index (κ3) is 3.71. The Labute approximate surface area is 144 Å². The van der Waals surface area contributed by atoms with Crippen molar-refractivity contribution in [2.75, 3.05) is 0 Å². The second-order valence-corrected chi connectivity index (χ2v) is 7.33. The molecule has 0 saturated heterocycles. The summed E-state index contributed by atoms with van der Waals surface area (Å²) >= 11 is 1.51. The van der Waals surface area contributed by atoms with Gasteiger partial charge in [0.25, 0.3) is 11.8 Å². The lowest BCUT2D eigenvalue weighted by Crippen LogP contribution is -2.12. The maximum absolute atomic E-state index is 12.1. The van der Waals surface area contributed by atoms with Crippen molar-refractivity contribution in [3.8, 4) is 10.8 Å². The zero-order valence-electron chi connectivity index (χ0n) is 13.8. The second-order valence-electron chi connectivity index (χ2n) is 6.38. The Morgan fingerprint density at radius 2 is 1.92 bits per heavy atom. The van der Waals surface area contributed by atoms with Gasteiger partial charge in [0.15, 0.2) is 6.61 Å². The van der Waals surface area contributed by atoms with Crippen molar-refractivity contribution in [2.24, 2.45) is 0 Å². The van der Waals surface area contributed by atoms with E-state index in [0.717, 1.165) is 10.4 Å². The van der Waals surface area contributed by atoms with E-state index < -0.39 is 5.97 Å². The zero-order chi connectivity index (χ0) is 17.2. The van der Waals surface area contributed by atoms with Crippen LogP contribution < -0.4 is 0 Å². The van der Waals surface area contributed by atoms with E-state index >= 15 is 0 Å². The highest BCUT2D eigenvalue weighted by atomic mass is 32.1. The first kappa shape index (κ1) is 16.4. The molecule has 0 atom stereocenters. The van der Waals surface area contributed by atoms with Gasteiger partial charge in [0, 0.05) is 0 Å². The number of thiophene rings is 1. The summed E-state index contributed by atoms with van der Waals surface area (Å²) in [5, 5.41) is 9.78. The van der Waals surface area contributed by atoms with E-state index in [1.54, 1.807) is 12.1 Å².